The molecule has 0 radical (unpaired) electrons. The van der Waals surface area contributed by atoms with Gasteiger partial charge in [-0.2, -0.15) is 0 Å². The summed E-state index contributed by atoms with van der Waals surface area (Å²) in [6.07, 6.45) is 2.51. The molecule has 3 rings (SSSR count). The molecule has 1 aliphatic rings. The number of piperidine rings is 1. The van der Waals surface area contributed by atoms with Crippen LogP contribution in [-0.4, -0.2) is 22.6 Å². The molecule has 1 N–H and O–H groups in total. The Balaban J connectivity index is 2.11. The molecule has 1 aromatic heterocycles. The van der Waals surface area contributed by atoms with E-state index in [-0.39, 0.29) is 0 Å². The molecule has 0 spiro atoms. The molecule has 1 atom stereocenters. The van der Waals surface area contributed by atoms with Crippen LogP contribution in [0.2, 0.25) is 0 Å². The van der Waals surface area contributed by atoms with E-state index in [4.69, 9.17) is 4.98 Å². The van der Waals surface area contributed by atoms with Crippen LogP contribution in [0.3, 0.4) is 0 Å². The maximum atomic E-state index is 4.88. The molecule has 0 amide bonds. The van der Waals surface area contributed by atoms with Crippen molar-refractivity contribution in [1.82, 2.24) is 14.9 Å². The van der Waals surface area contributed by atoms with Gasteiger partial charge in [0.05, 0.1) is 11.0 Å². The summed E-state index contributed by atoms with van der Waals surface area (Å²) in [6, 6.07) is 8.94. The highest BCUT2D eigenvalue weighted by atomic mass is 15.1. The highest BCUT2D eigenvalue weighted by molar-refractivity contribution is 5.76. The first-order valence-electron chi connectivity index (χ1n) is 6.95. The zero-order valence-electron chi connectivity index (χ0n) is 11.2. The molecule has 2 heterocycles. The second-order valence-corrected chi connectivity index (χ2v) is 5.47. The Hall–Kier alpha value is -1.35. The Morgan fingerprint density at radius 1 is 1.33 bits per heavy atom. The fourth-order valence-electron chi connectivity index (χ4n) is 2.97. The lowest BCUT2D eigenvalue weighted by molar-refractivity contribution is 0.425. The van der Waals surface area contributed by atoms with E-state index >= 15 is 0 Å². The smallest absolute Gasteiger partial charge is 0.114 e. The van der Waals surface area contributed by atoms with Gasteiger partial charge in [0.25, 0.3) is 0 Å². The van der Waals surface area contributed by atoms with Gasteiger partial charge in [-0.15, -0.1) is 0 Å². The third-order valence-electron chi connectivity index (χ3n) is 3.80. The van der Waals surface area contributed by atoms with E-state index < -0.39 is 0 Å². The van der Waals surface area contributed by atoms with E-state index in [0.29, 0.717) is 12.0 Å². The summed E-state index contributed by atoms with van der Waals surface area (Å²) in [5.74, 6) is 1.83. The third-order valence-corrected chi connectivity index (χ3v) is 3.80. The number of hydrogen-bond acceptors (Lipinski definition) is 2. The first-order valence-corrected chi connectivity index (χ1v) is 6.95. The van der Waals surface area contributed by atoms with E-state index in [2.05, 4.69) is 48.0 Å². The molecule has 3 heteroatoms. The van der Waals surface area contributed by atoms with Gasteiger partial charge in [-0.25, -0.2) is 4.98 Å². The summed E-state index contributed by atoms with van der Waals surface area (Å²) in [6.45, 7) is 6.70. The molecule has 96 valence electrons. The van der Waals surface area contributed by atoms with E-state index in [9.17, 15) is 0 Å². The number of benzene rings is 1. The number of aromatic nitrogens is 2. The number of rotatable bonds is 2. The van der Waals surface area contributed by atoms with Gasteiger partial charge in [-0.05, 0) is 45.4 Å². The van der Waals surface area contributed by atoms with Crippen LogP contribution in [0.15, 0.2) is 24.3 Å². The minimum absolute atomic E-state index is 0.467. The second kappa shape index (κ2) is 4.73. The normalized spacial score (nSPS) is 20.7. The summed E-state index contributed by atoms with van der Waals surface area (Å²) in [5, 5.41) is 3.49. The molecule has 1 aliphatic heterocycles. The van der Waals surface area contributed by atoms with Gasteiger partial charge in [-0.3, -0.25) is 0 Å². The molecular formula is C15H21N3. The van der Waals surface area contributed by atoms with Gasteiger partial charge in [0.15, 0.2) is 0 Å². The fourth-order valence-corrected chi connectivity index (χ4v) is 2.97. The molecule has 0 bridgehead atoms. The Labute approximate surface area is 108 Å². The Morgan fingerprint density at radius 3 is 2.89 bits per heavy atom. The van der Waals surface area contributed by atoms with Crippen molar-refractivity contribution >= 4 is 11.0 Å². The fraction of sp³-hybridized carbons (Fsp3) is 0.533. The van der Waals surface area contributed by atoms with Gasteiger partial charge >= 0.3 is 0 Å². The first-order chi connectivity index (χ1) is 8.77. The minimum atomic E-state index is 0.467. The SMILES string of the molecule is CC(C)n1c(C2CCCNC2)nc2ccccc21. The lowest BCUT2D eigenvalue weighted by atomic mass is 9.98. The Morgan fingerprint density at radius 2 is 2.17 bits per heavy atom. The number of imidazole rings is 1. The summed E-state index contributed by atoms with van der Waals surface area (Å²) >= 11 is 0. The Bertz CT molecular complexity index is 536. The number of fused-ring (bicyclic) bond motifs is 1. The van der Waals surface area contributed by atoms with E-state index in [1.165, 1.54) is 24.2 Å². The molecule has 1 aromatic carbocycles. The van der Waals surface area contributed by atoms with Gasteiger partial charge in [0, 0.05) is 18.5 Å². The predicted molar refractivity (Wildman–Crippen MR) is 75.0 cm³/mol. The average molecular weight is 243 g/mol. The largest absolute Gasteiger partial charge is 0.325 e. The van der Waals surface area contributed by atoms with Crippen molar-refractivity contribution in [2.45, 2.75) is 38.6 Å². The maximum absolute atomic E-state index is 4.88. The highest BCUT2D eigenvalue weighted by Gasteiger charge is 2.23. The van der Waals surface area contributed by atoms with Gasteiger partial charge in [0.2, 0.25) is 0 Å². The van der Waals surface area contributed by atoms with Crippen molar-refractivity contribution < 1.29 is 0 Å². The summed E-state index contributed by atoms with van der Waals surface area (Å²) in [7, 11) is 0. The zero-order chi connectivity index (χ0) is 12.5. The van der Waals surface area contributed by atoms with Crippen LogP contribution in [0.5, 0.6) is 0 Å². The molecule has 2 aromatic rings. The average Bonchev–Trinajstić information content (AvgIpc) is 2.79. The van der Waals surface area contributed by atoms with Crippen molar-refractivity contribution in [3.05, 3.63) is 30.1 Å². The zero-order valence-corrected chi connectivity index (χ0v) is 11.2. The molecule has 0 aliphatic carbocycles. The maximum Gasteiger partial charge on any atom is 0.114 e. The molecule has 1 saturated heterocycles. The van der Waals surface area contributed by atoms with Gasteiger partial charge in [0.1, 0.15) is 5.82 Å². The van der Waals surface area contributed by atoms with Crippen LogP contribution in [-0.2, 0) is 0 Å². The molecule has 3 nitrogen and oxygen atoms in total. The van der Waals surface area contributed by atoms with Gasteiger partial charge < -0.3 is 9.88 Å². The monoisotopic (exact) mass is 243 g/mol. The molecule has 18 heavy (non-hydrogen) atoms. The number of hydrogen-bond donors (Lipinski definition) is 1. The number of nitrogens with one attached hydrogen (secondary N) is 1. The molecular weight excluding hydrogens is 222 g/mol. The van der Waals surface area contributed by atoms with Crippen LogP contribution in [0.25, 0.3) is 11.0 Å². The van der Waals surface area contributed by atoms with Crippen molar-refractivity contribution in [3.63, 3.8) is 0 Å². The summed E-state index contributed by atoms with van der Waals surface area (Å²) < 4.78 is 2.41. The first kappa shape index (κ1) is 11.7. The predicted octanol–water partition coefficient (Wildman–Crippen LogP) is 3.08. The third kappa shape index (κ3) is 1.93. The van der Waals surface area contributed by atoms with Crippen LogP contribution in [0.1, 0.15) is 44.5 Å². The van der Waals surface area contributed by atoms with E-state index in [1.807, 2.05) is 0 Å². The van der Waals surface area contributed by atoms with E-state index in [0.717, 1.165) is 18.6 Å². The van der Waals surface area contributed by atoms with Crippen molar-refractivity contribution in [1.29, 1.82) is 0 Å². The summed E-state index contributed by atoms with van der Waals surface area (Å²) in [4.78, 5) is 4.88. The van der Waals surface area contributed by atoms with Crippen molar-refractivity contribution in [2.24, 2.45) is 0 Å². The summed E-state index contributed by atoms with van der Waals surface area (Å²) in [5.41, 5.74) is 2.40. The standard InChI is InChI=1S/C15H21N3/c1-11(2)18-14-8-4-3-7-13(14)17-15(18)12-6-5-9-16-10-12/h3-4,7-8,11-12,16H,5-6,9-10H2,1-2H3. The number of para-hydroxylation sites is 2. The molecule has 0 saturated carbocycles. The minimum Gasteiger partial charge on any atom is -0.325 e. The number of nitrogens with zero attached hydrogens (tertiary/aromatic N) is 2. The van der Waals surface area contributed by atoms with Crippen LogP contribution >= 0.6 is 0 Å². The topological polar surface area (TPSA) is 29.9 Å². The Kier molecular flexibility index (Phi) is 3.08. The van der Waals surface area contributed by atoms with E-state index in [1.54, 1.807) is 0 Å². The van der Waals surface area contributed by atoms with Crippen LogP contribution < -0.4 is 5.32 Å². The van der Waals surface area contributed by atoms with Crippen molar-refractivity contribution in [3.8, 4) is 0 Å². The van der Waals surface area contributed by atoms with Gasteiger partial charge in [-0.1, -0.05) is 12.1 Å². The lowest BCUT2D eigenvalue weighted by Crippen LogP contribution is -2.30. The second-order valence-electron chi connectivity index (χ2n) is 5.47. The van der Waals surface area contributed by atoms with Crippen LogP contribution in [0, 0.1) is 0 Å². The van der Waals surface area contributed by atoms with Crippen molar-refractivity contribution in [2.75, 3.05) is 13.1 Å². The quantitative estimate of drug-likeness (QED) is 0.878. The molecule has 1 fully saturated rings. The lowest BCUT2D eigenvalue weighted by Gasteiger charge is -2.24. The molecule has 1 unspecified atom stereocenters. The van der Waals surface area contributed by atoms with Crippen LogP contribution in [0.4, 0.5) is 0 Å². The highest BCUT2D eigenvalue weighted by Crippen LogP contribution is 2.29.